The number of nitro benzene ring substituents is 1. The van der Waals surface area contributed by atoms with Gasteiger partial charge < -0.3 is 9.47 Å². The predicted octanol–water partition coefficient (Wildman–Crippen LogP) is 3.03. The molecule has 0 atom stereocenters. The first kappa shape index (κ1) is 18.5. The van der Waals surface area contributed by atoms with Crippen LogP contribution in [0.1, 0.15) is 11.1 Å². The second-order valence-electron chi connectivity index (χ2n) is 5.31. The van der Waals surface area contributed by atoms with Gasteiger partial charge in [0.15, 0.2) is 0 Å². The number of benzene rings is 2. The van der Waals surface area contributed by atoms with Crippen molar-refractivity contribution >= 4 is 21.4 Å². The molecule has 0 unspecified atom stereocenters. The van der Waals surface area contributed by atoms with Crippen molar-refractivity contribution in [2.24, 2.45) is 0 Å². The van der Waals surface area contributed by atoms with Crippen molar-refractivity contribution in [2.45, 2.75) is 18.7 Å². The molecular weight excluding hydrogens is 348 g/mol. The maximum absolute atomic E-state index is 12.8. The Balaban J connectivity index is 2.56. The Morgan fingerprint density at radius 3 is 2.32 bits per heavy atom. The van der Waals surface area contributed by atoms with E-state index in [2.05, 4.69) is 4.72 Å². The average Bonchev–Trinajstić information content (AvgIpc) is 2.56. The molecule has 2 rings (SSSR count). The van der Waals surface area contributed by atoms with Gasteiger partial charge in [0, 0.05) is 18.2 Å². The third kappa shape index (κ3) is 3.82. The summed E-state index contributed by atoms with van der Waals surface area (Å²) in [5, 5.41) is 11.0. The lowest BCUT2D eigenvalue weighted by Gasteiger charge is -2.15. The molecule has 0 aliphatic carbocycles. The lowest BCUT2D eigenvalue weighted by molar-refractivity contribution is -0.385. The highest BCUT2D eigenvalue weighted by Gasteiger charge is 2.23. The average molecular weight is 366 g/mol. The number of hydrogen-bond donors (Lipinski definition) is 1. The maximum Gasteiger partial charge on any atom is 0.271 e. The first-order valence-electron chi connectivity index (χ1n) is 7.20. The van der Waals surface area contributed by atoms with Crippen molar-refractivity contribution in [2.75, 3.05) is 18.9 Å². The second-order valence-corrected chi connectivity index (χ2v) is 6.97. The third-order valence-corrected chi connectivity index (χ3v) is 5.25. The van der Waals surface area contributed by atoms with E-state index in [1.807, 2.05) is 0 Å². The van der Waals surface area contributed by atoms with Gasteiger partial charge in [0.05, 0.1) is 29.7 Å². The summed E-state index contributed by atoms with van der Waals surface area (Å²) in [5.74, 6) is 0.731. The standard InChI is InChI=1S/C16H18N2O6S/c1-10-7-12(18(19)20)8-16(11(10)2)25(21,22)17-14-9-13(23-3)5-6-15(14)24-4/h5-9,17H,1-4H3. The first-order chi connectivity index (χ1) is 11.7. The zero-order valence-electron chi connectivity index (χ0n) is 14.2. The molecule has 0 bridgehead atoms. The number of nitro groups is 1. The summed E-state index contributed by atoms with van der Waals surface area (Å²) in [7, 11) is -1.21. The molecule has 25 heavy (non-hydrogen) atoms. The van der Waals surface area contributed by atoms with Crippen LogP contribution >= 0.6 is 0 Å². The molecule has 0 saturated heterocycles. The topological polar surface area (TPSA) is 108 Å². The molecule has 8 nitrogen and oxygen atoms in total. The Morgan fingerprint density at radius 1 is 1.08 bits per heavy atom. The Morgan fingerprint density at radius 2 is 1.76 bits per heavy atom. The SMILES string of the molecule is COc1ccc(OC)c(NS(=O)(=O)c2cc([N+](=O)[O-])cc(C)c2C)c1. The van der Waals surface area contributed by atoms with Crippen LogP contribution in [0.5, 0.6) is 11.5 Å². The van der Waals surface area contributed by atoms with Crippen LogP contribution in [0.2, 0.25) is 0 Å². The van der Waals surface area contributed by atoms with Gasteiger partial charge in [-0.15, -0.1) is 0 Å². The Bertz CT molecular complexity index is 924. The number of rotatable bonds is 6. The number of ether oxygens (including phenoxy) is 2. The minimum atomic E-state index is -4.07. The van der Waals surface area contributed by atoms with Crippen LogP contribution in [0.15, 0.2) is 35.2 Å². The molecule has 134 valence electrons. The first-order valence-corrected chi connectivity index (χ1v) is 8.68. The number of nitrogens with zero attached hydrogens (tertiary/aromatic N) is 1. The smallest absolute Gasteiger partial charge is 0.271 e. The third-order valence-electron chi connectivity index (χ3n) is 3.76. The van der Waals surface area contributed by atoms with Gasteiger partial charge in [0.1, 0.15) is 11.5 Å². The van der Waals surface area contributed by atoms with Crippen LogP contribution in [0, 0.1) is 24.0 Å². The lowest BCUT2D eigenvalue weighted by Crippen LogP contribution is -2.16. The largest absolute Gasteiger partial charge is 0.497 e. The molecule has 0 saturated carbocycles. The molecule has 0 radical (unpaired) electrons. The number of hydrogen-bond acceptors (Lipinski definition) is 6. The molecule has 1 N–H and O–H groups in total. The van der Waals surface area contributed by atoms with Crippen molar-refractivity contribution in [3.8, 4) is 11.5 Å². The minimum Gasteiger partial charge on any atom is -0.497 e. The summed E-state index contributed by atoms with van der Waals surface area (Å²) in [6.45, 7) is 3.21. The number of aryl methyl sites for hydroxylation is 1. The summed E-state index contributed by atoms with van der Waals surface area (Å²) in [4.78, 5) is 10.2. The monoisotopic (exact) mass is 366 g/mol. The van der Waals surface area contributed by atoms with Crippen molar-refractivity contribution in [3.05, 3.63) is 51.6 Å². The fourth-order valence-electron chi connectivity index (χ4n) is 2.29. The van der Waals surface area contributed by atoms with E-state index >= 15 is 0 Å². The van der Waals surface area contributed by atoms with E-state index in [-0.39, 0.29) is 16.3 Å². The van der Waals surface area contributed by atoms with E-state index in [0.717, 1.165) is 6.07 Å². The normalized spacial score (nSPS) is 11.0. The summed E-state index contributed by atoms with van der Waals surface area (Å²) < 4.78 is 38.2. The van der Waals surface area contributed by atoms with Gasteiger partial charge >= 0.3 is 0 Å². The van der Waals surface area contributed by atoms with E-state index in [0.29, 0.717) is 22.6 Å². The van der Waals surface area contributed by atoms with E-state index in [1.54, 1.807) is 26.0 Å². The van der Waals surface area contributed by atoms with Crippen LogP contribution in [0.3, 0.4) is 0 Å². The highest BCUT2D eigenvalue weighted by molar-refractivity contribution is 7.92. The van der Waals surface area contributed by atoms with Gasteiger partial charge in [-0.05, 0) is 37.1 Å². The van der Waals surface area contributed by atoms with E-state index in [9.17, 15) is 18.5 Å². The molecular formula is C16H18N2O6S. The van der Waals surface area contributed by atoms with Gasteiger partial charge in [0.25, 0.3) is 15.7 Å². The van der Waals surface area contributed by atoms with Crippen LogP contribution in [-0.2, 0) is 10.0 Å². The Hall–Kier alpha value is -2.81. The molecule has 0 aromatic heterocycles. The summed E-state index contributed by atoms with van der Waals surface area (Å²) in [6, 6.07) is 7.02. The summed E-state index contributed by atoms with van der Waals surface area (Å²) in [5.41, 5.74) is 0.818. The van der Waals surface area contributed by atoms with Gasteiger partial charge in [-0.25, -0.2) is 8.42 Å². The number of sulfonamides is 1. The van der Waals surface area contributed by atoms with Crippen LogP contribution in [-0.4, -0.2) is 27.6 Å². The van der Waals surface area contributed by atoms with Gasteiger partial charge in [-0.1, -0.05) is 0 Å². The molecule has 0 aliphatic rings. The van der Waals surface area contributed by atoms with Gasteiger partial charge in [-0.2, -0.15) is 0 Å². The van der Waals surface area contributed by atoms with Gasteiger partial charge in [-0.3, -0.25) is 14.8 Å². The quantitative estimate of drug-likeness (QED) is 0.622. The van der Waals surface area contributed by atoms with Crippen LogP contribution < -0.4 is 14.2 Å². The lowest BCUT2D eigenvalue weighted by atomic mass is 10.1. The number of non-ortho nitro benzene ring substituents is 1. The Kier molecular flexibility index (Phi) is 5.17. The summed E-state index contributed by atoms with van der Waals surface area (Å²) >= 11 is 0. The minimum absolute atomic E-state index is 0.163. The number of anilines is 1. The van der Waals surface area contributed by atoms with E-state index in [4.69, 9.17) is 9.47 Å². The summed E-state index contributed by atoms with van der Waals surface area (Å²) in [6.07, 6.45) is 0. The fraction of sp³-hybridized carbons (Fsp3) is 0.250. The van der Waals surface area contributed by atoms with Crippen LogP contribution in [0.25, 0.3) is 0 Å². The number of methoxy groups -OCH3 is 2. The zero-order valence-corrected chi connectivity index (χ0v) is 15.0. The molecule has 0 spiro atoms. The molecule has 0 aliphatic heterocycles. The molecule has 0 heterocycles. The molecule has 0 amide bonds. The molecule has 2 aromatic rings. The molecule has 9 heteroatoms. The second kappa shape index (κ2) is 6.98. The highest BCUT2D eigenvalue weighted by Crippen LogP contribution is 2.32. The number of nitrogens with one attached hydrogen (secondary N) is 1. The fourth-order valence-corrected chi connectivity index (χ4v) is 3.69. The van der Waals surface area contributed by atoms with Gasteiger partial charge in [0.2, 0.25) is 0 Å². The maximum atomic E-state index is 12.8. The van der Waals surface area contributed by atoms with E-state index < -0.39 is 14.9 Å². The highest BCUT2D eigenvalue weighted by atomic mass is 32.2. The van der Waals surface area contributed by atoms with Crippen molar-refractivity contribution in [1.82, 2.24) is 0 Å². The van der Waals surface area contributed by atoms with E-state index in [1.165, 1.54) is 26.4 Å². The van der Waals surface area contributed by atoms with Crippen molar-refractivity contribution in [1.29, 1.82) is 0 Å². The van der Waals surface area contributed by atoms with Crippen molar-refractivity contribution < 1.29 is 22.8 Å². The Labute approximate surface area is 145 Å². The predicted molar refractivity (Wildman–Crippen MR) is 92.9 cm³/mol. The molecule has 2 aromatic carbocycles. The molecule has 0 fully saturated rings. The van der Waals surface area contributed by atoms with Crippen LogP contribution in [0.4, 0.5) is 11.4 Å². The zero-order chi connectivity index (χ0) is 18.8. The van der Waals surface area contributed by atoms with Crippen molar-refractivity contribution in [3.63, 3.8) is 0 Å².